The van der Waals surface area contributed by atoms with Crippen molar-refractivity contribution >= 4 is 11.4 Å². The van der Waals surface area contributed by atoms with Crippen LogP contribution in [0.2, 0.25) is 0 Å². The minimum atomic E-state index is 0.200. The van der Waals surface area contributed by atoms with Gasteiger partial charge in [-0.1, -0.05) is 0 Å². The molecule has 1 saturated heterocycles. The van der Waals surface area contributed by atoms with E-state index in [2.05, 4.69) is 9.97 Å². The summed E-state index contributed by atoms with van der Waals surface area (Å²) in [5.74, 6) is 0.430. The summed E-state index contributed by atoms with van der Waals surface area (Å²) in [4.78, 5) is 22.0. The van der Waals surface area contributed by atoms with Crippen molar-refractivity contribution in [2.75, 3.05) is 13.6 Å². The Morgan fingerprint density at radius 3 is 3.18 bits per heavy atom. The van der Waals surface area contributed by atoms with E-state index >= 15 is 0 Å². The standard InChI is InChI=1S/C12H14N4O/c1-15-4-2-9(6-11(15)17)12-10-7-13-3-5-16(10)8-14-12/h3,5,7-9H,2,4,6H2,1H3. The zero-order chi connectivity index (χ0) is 11.8. The van der Waals surface area contributed by atoms with Gasteiger partial charge in [-0.05, 0) is 6.42 Å². The number of imidazole rings is 1. The third-order valence-corrected chi connectivity index (χ3v) is 3.42. The summed E-state index contributed by atoms with van der Waals surface area (Å²) in [5.41, 5.74) is 2.01. The van der Waals surface area contributed by atoms with E-state index in [1.54, 1.807) is 17.4 Å². The van der Waals surface area contributed by atoms with Crippen molar-refractivity contribution in [3.63, 3.8) is 0 Å². The van der Waals surface area contributed by atoms with Crippen molar-refractivity contribution in [2.45, 2.75) is 18.8 Å². The first-order valence-electron chi connectivity index (χ1n) is 5.76. The van der Waals surface area contributed by atoms with Crippen molar-refractivity contribution in [1.82, 2.24) is 19.3 Å². The molecule has 0 saturated carbocycles. The zero-order valence-corrected chi connectivity index (χ0v) is 9.71. The van der Waals surface area contributed by atoms with Gasteiger partial charge in [0, 0.05) is 38.3 Å². The van der Waals surface area contributed by atoms with Gasteiger partial charge >= 0.3 is 0 Å². The van der Waals surface area contributed by atoms with Gasteiger partial charge < -0.3 is 9.30 Å². The lowest BCUT2D eigenvalue weighted by atomic mass is 9.93. The highest BCUT2D eigenvalue weighted by Crippen LogP contribution is 2.29. The second-order valence-corrected chi connectivity index (χ2v) is 4.50. The largest absolute Gasteiger partial charge is 0.346 e. The van der Waals surface area contributed by atoms with Gasteiger partial charge in [0.25, 0.3) is 0 Å². The first-order chi connectivity index (χ1) is 8.25. The van der Waals surface area contributed by atoms with Gasteiger partial charge in [-0.15, -0.1) is 0 Å². The van der Waals surface area contributed by atoms with Crippen LogP contribution in [0.25, 0.3) is 5.52 Å². The van der Waals surface area contributed by atoms with Crippen LogP contribution in [-0.4, -0.2) is 38.8 Å². The molecule has 17 heavy (non-hydrogen) atoms. The van der Waals surface area contributed by atoms with Crippen molar-refractivity contribution in [3.8, 4) is 0 Å². The molecule has 0 aromatic carbocycles. The molecular formula is C12H14N4O. The molecule has 0 spiro atoms. The number of hydrogen-bond acceptors (Lipinski definition) is 3. The SMILES string of the molecule is CN1CCC(c2ncn3ccncc23)CC1=O. The van der Waals surface area contributed by atoms with E-state index in [-0.39, 0.29) is 11.8 Å². The first-order valence-corrected chi connectivity index (χ1v) is 5.76. The van der Waals surface area contributed by atoms with Crippen molar-refractivity contribution in [1.29, 1.82) is 0 Å². The van der Waals surface area contributed by atoms with Crippen LogP contribution in [0.4, 0.5) is 0 Å². The molecule has 2 aromatic heterocycles. The molecule has 1 fully saturated rings. The Morgan fingerprint density at radius 2 is 2.35 bits per heavy atom. The Bertz CT molecular complexity index is 562. The fourth-order valence-corrected chi connectivity index (χ4v) is 2.35. The summed E-state index contributed by atoms with van der Waals surface area (Å²) < 4.78 is 1.95. The molecule has 0 aliphatic carbocycles. The molecule has 1 unspecified atom stereocenters. The lowest BCUT2D eigenvalue weighted by Crippen LogP contribution is -2.34. The molecule has 5 nitrogen and oxygen atoms in total. The maximum Gasteiger partial charge on any atom is 0.222 e. The molecule has 3 rings (SSSR count). The average Bonchev–Trinajstić information content (AvgIpc) is 2.76. The third-order valence-electron chi connectivity index (χ3n) is 3.42. The van der Waals surface area contributed by atoms with Gasteiger partial charge in [0.15, 0.2) is 0 Å². The van der Waals surface area contributed by atoms with Crippen LogP contribution < -0.4 is 0 Å². The number of hydrogen-bond donors (Lipinski definition) is 0. The topological polar surface area (TPSA) is 50.5 Å². The molecule has 2 aromatic rings. The van der Waals surface area contributed by atoms with E-state index in [0.717, 1.165) is 24.2 Å². The normalized spacial score (nSPS) is 21.1. The van der Waals surface area contributed by atoms with Gasteiger partial charge in [0.05, 0.1) is 23.7 Å². The van der Waals surface area contributed by atoms with Crippen LogP contribution in [0.1, 0.15) is 24.5 Å². The van der Waals surface area contributed by atoms with Gasteiger partial charge in [-0.25, -0.2) is 4.98 Å². The number of piperidine rings is 1. The third kappa shape index (κ3) is 1.67. The first kappa shape index (κ1) is 10.3. The number of aromatic nitrogens is 3. The molecule has 1 amide bonds. The van der Waals surface area contributed by atoms with E-state index < -0.39 is 0 Å². The Morgan fingerprint density at radius 1 is 1.47 bits per heavy atom. The highest BCUT2D eigenvalue weighted by molar-refractivity contribution is 5.78. The van der Waals surface area contributed by atoms with E-state index in [4.69, 9.17) is 0 Å². The number of rotatable bonds is 1. The molecule has 0 bridgehead atoms. The van der Waals surface area contributed by atoms with E-state index in [1.807, 2.05) is 23.8 Å². The molecule has 88 valence electrons. The predicted molar refractivity (Wildman–Crippen MR) is 62.6 cm³/mol. The Kier molecular flexibility index (Phi) is 2.31. The summed E-state index contributed by atoms with van der Waals surface area (Å²) in [6.45, 7) is 0.808. The highest BCUT2D eigenvalue weighted by Gasteiger charge is 2.27. The van der Waals surface area contributed by atoms with Crippen molar-refractivity contribution in [3.05, 3.63) is 30.6 Å². The van der Waals surface area contributed by atoms with E-state index in [1.165, 1.54) is 0 Å². The summed E-state index contributed by atoms with van der Waals surface area (Å²) in [7, 11) is 1.85. The number of carbonyl (C=O) groups excluding carboxylic acids is 1. The quantitative estimate of drug-likeness (QED) is 0.736. The van der Waals surface area contributed by atoms with Crippen LogP contribution in [0, 0.1) is 0 Å². The maximum absolute atomic E-state index is 11.7. The smallest absolute Gasteiger partial charge is 0.222 e. The average molecular weight is 230 g/mol. The van der Waals surface area contributed by atoms with Crippen LogP contribution in [0.3, 0.4) is 0 Å². The van der Waals surface area contributed by atoms with Crippen LogP contribution in [-0.2, 0) is 4.79 Å². The fraction of sp³-hybridized carbons (Fsp3) is 0.417. The van der Waals surface area contributed by atoms with Gasteiger partial charge in [0.2, 0.25) is 5.91 Å². The Balaban J connectivity index is 1.96. The summed E-state index contributed by atoms with van der Waals surface area (Å²) in [6, 6.07) is 0. The predicted octanol–water partition coefficient (Wildman–Crippen LogP) is 1.07. The van der Waals surface area contributed by atoms with Gasteiger partial charge in [-0.3, -0.25) is 9.78 Å². The molecule has 3 heterocycles. The summed E-state index contributed by atoms with van der Waals surface area (Å²) in [5, 5.41) is 0. The molecule has 0 N–H and O–H groups in total. The fourth-order valence-electron chi connectivity index (χ4n) is 2.35. The van der Waals surface area contributed by atoms with Gasteiger partial charge in [-0.2, -0.15) is 0 Å². The highest BCUT2D eigenvalue weighted by atomic mass is 16.2. The van der Waals surface area contributed by atoms with Crippen LogP contribution >= 0.6 is 0 Å². The molecule has 0 radical (unpaired) electrons. The second kappa shape index (κ2) is 3.84. The van der Waals surface area contributed by atoms with E-state index in [9.17, 15) is 4.79 Å². The Labute approximate surface area is 99.1 Å². The number of amides is 1. The molecule has 1 aliphatic rings. The molecule has 1 aliphatic heterocycles. The van der Waals surface area contributed by atoms with Crippen molar-refractivity contribution in [2.24, 2.45) is 0 Å². The number of nitrogens with zero attached hydrogens (tertiary/aromatic N) is 4. The molecular weight excluding hydrogens is 216 g/mol. The number of likely N-dealkylation sites (tertiary alicyclic amines) is 1. The summed E-state index contributed by atoms with van der Waals surface area (Å²) >= 11 is 0. The number of carbonyl (C=O) groups is 1. The number of fused-ring (bicyclic) bond motifs is 1. The zero-order valence-electron chi connectivity index (χ0n) is 9.71. The minimum Gasteiger partial charge on any atom is -0.346 e. The lowest BCUT2D eigenvalue weighted by molar-refractivity contribution is -0.132. The maximum atomic E-state index is 11.7. The summed E-state index contributed by atoms with van der Waals surface area (Å²) in [6.07, 6.45) is 8.74. The minimum absolute atomic E-state index is 0.200. The second-order valence-electron chi connectivity index (χ2n) is 4.50. The molecule has 5 heteroatoms. The monoisotopic (exact) mass is 230 g/mol. The van der Waals surface area contributed by atoms with Crippen LogP contribution in [0.15, 0.2) is 24.9 Å². The van der Waals surface area contributed by atoms with Gasteiger partial charge in [0.1, 0.15) is 0 Å². The molecule has 1 atom stereocenters. The van der Waals surface area contributed by atoms with E-state index in [0.29, 0.717) is 6.42 Å². The van der Waals surface area contributed by atoms with Crippen LogP contribution in [0.5, 0.6) is 0 Å². The van der Waals surface area contributed by atoms with Crippen molar-refractivity contribution < 1.29 is 4.79 Å². The Hall–Kier alpha value is -1.91. The lowest BCUT2D eigenvalue weighted by Gasteiger charge is -2.27.